The summed E-state index contributed by atoms with van der Waals surface area (Å²) < 4.78 is 0. The van der Waals surface area contributed by atoms with E-state index in [4.69, 9.17) is 5.73 Å². The second-order valence-corrected chi connectivity index (χ2v) is 3.86. The average molecular weight is 222 g/mol. The molecule has 16 heavy (non-hydrogen) atoms. The van der Waals surface area contributed by atoms with Gasteiger partial charge in [-0.3, -0.25) is 4.79 Å². The van der Waals surface area contributed by atoms with Gasteiger partial charge in [-0.1, -0.05) is 6.92 Å². The van der Waals surface area contributed by atoms with Gasteiger partial charge in [0, 0.05) is 24.2 Å². The highest BCUT2D eigenvalue weighted by Crippen LogP contribution is 2.09. The van der Waals surface area contributed by atoms with Crippen LogP contribution >= 0.6 is 0 Å². The highest BCUT2D eigenvalue weighted by Gasteiger charge is 2.07. The van der Waals surface area contributed by atoms with Crippen molar-refractivity contribution in [2.24, 2.45) is 5.73 Å². The number of nitrogens with zero attached hydrogens (tertiary/aromatic N) is 2. The Morgan fingerprint density at radius 1 is 1.56 bits per heavy atom. The van der Waals surface area contributed by atoms with Gasteiger partial charge in [-0.15, -0.1) is 0 Å². The molecule has 0 bridgehead atoms. The maximum absolute atomic E-state index is 10.7. The van der Waals surface area contributed by atoms with E-state index in [0.717, 1.165) is 23.8 Å². The summed E-state index contributed by atoms with van der Waals surface area (Å²) in [6, 6.07) is 1.88. The molecule has 1 aromatic heterocycles. The minimum atomic E-state index is -0.318. The van der Waals surface area contributed by atoms with Gasteiger partial charge in [0.2, 0.25) is 5.91 Å². The fourth-order valence-corrected chi connectivity index (χ4v) is 1.49. The lowest BCUT2D eigenvalue weighted by Crippen LogP contribution is -2.24. The largest absolute Gasteiger partial charge is 0.370 e. The molecular formula is C11H18N4O. The number of aromatic nitrogens is 2. The molecular weight excluding hydrogens is 204 g/mol. The molecule has 0 saturated carbocycles. The van der Waals surface area contributed by atoms with Crippen LogP contribution in [-0.4, -0.2) is 21.9 Å². The summed E-state index contributed by atoms with van der Waals surface area (Å²) in [5.41, 5.74) is 6.11. The predicted molar refractivity (Wildman–Crippen MR) is 63.0 cm³/mol. The first-order valence-corrected chi connectivity index (χ1v) is 5.40. The number of carbonyl (C=O) groups excluding carboxylic acids is 1. The van der Waals surface area contributed by atoms with E-state index in [1.165, 1.54) is 0 Å². The first kappa shape index (κ1) is 12.4. The van der Waals surface area contributed by atoms with Gasteiger partial charge in [-0.2, -0.15) is 0 Å². The summed E-state index contributed by atoms with van der Waals surface area (Å²) in [4.78, 5) is 19.3. The van der Waals surface area contributed by atoms with Gasteiger partial charge < -0.3 is 11.1 Å². The van der Waals surface area contributed by atoms with Crippen LogP contribution in [0.25, 0.3) is 0 Å². The molecule has 0 fully saturated rings. The number of hydrogen-bond donors (Lipinski definition) is 2. The monoisotopic (exact) mass is 222 g/mol. The maximum atomic E-state index is 10.7. The number of amides is 1. The van der Waals surface area contributed by atoms with E-state index in [2.05, 4.69) is 15.3 Å². The molecule has 1 heterocycles. The van der Waals surface area contributed by atoms with Crippen molar-refractivity contribution in [3.8, 4) is 0 Å². The Balaban J connectivity index is 2.72. The molecule has 0 aliphatic carbocycles. The highest BCUT2D eigenvalue weighted by molar-refractivity contribution is 5.74. The lowest BCUT2D eigenvalue weighted by atomic mass is 10.2. The second kappa shape index (κ2) is 5.44. The summed E-state index contributed by atoms with van der Waals surface area (Å²) in [7, 11) is 0. The molecule has 1 aromatic rings. The van der Waals surface area contributed by atoms with E-state index < -0.39 is 0 Å². The Hall–Kier alpha value is -1.65. The molecule has 5 heteroatoms. The van der Waals surface area contributed by atoms with Crippen LogP contribution < -0.4 is 11.1 Å². The molecule has 1 amide bonds. The Kier molecular flexibility index (Phi) is 4.22. The molecule has 88 valence electrons. The van der Waals surface area contributed by atoms with Gasteiger partial charge >= 0.3 is 0 Å². The summed E-state index contributed by atoms with van der Waals surface area (Å²) in [6.07, 6.45) is 1.16. The van der Waals surface area contributed by atoms with Crippen LogP contribution in [-0.2, 0) is 11.2 Å². The average Bonchev–Trinajstić information content (AvgIpc) is 2.14. The van der Waals surface area contributed by atoms with E-state index >= 15 is 0 Å². The first-order chi connectivity index (χ1) is 7.51. The number of nitrogens with two attached hydrogens (primary N) is 1. The van der Waals surface area contributed by atoms with Crippen LogP contribution in [0.5, 0.6) is 0 Å². The van der Waals surface area contributed by atoms with Gasteiger partial charge in [0.25, 0.3) is 0 Å². The lowest BCUT2D eigenvalue weighted by molar-refractivity contribution is -0.118. The summed E-state index contributed by atoms with van der Waals surface area (Å²) >= 11 is 0. The topological polar surface area (TPSA) is 80.9 Å². The molecule has 0 spiro atoms. The van der Waals surface area contributed by atoms with Gasteiger partial charge in [0.15, 0.2) is 0 Å². The molecule has 0 aliphatic heterocycles. The Labute approximate surface area is 95.5 Å². The molecule has 1 unspecified atom stereocenters. The number of anilines is 1. The quantitative estimate of drug-likeness (QED) is 0.779. The Bertz CT molecular complexity index is 378. The summed E-state index contributed by atoms with van der Waals surface area (Å²) in [5, 5.41) is 3.14. The van der Waals surface area contributed by atoms with Crippen molar-refractivity contribution in [1.29, 1.82) is 0 Å². The normalized spacial score (nSPS) is 12.2. The van der Waals surface area contributed by atoms with E-state index in [0.29, 0.717) is 6.42 Å². The zero-order valence-corrected chi connectivity index (χ0v) is 9.95. The van der Waals surface area contributed by atoms with Crippen LogP contribution in [0.4, 0.5) is 5.82 Å². The fourth-order valence-electron chi connectivity index (χ4n) is 1.49. The number of primary amides is 1. The third-order valence-corrected chi connectivity index (χ3v) is 2.15. The van der Waals surface area contributed by atoms with Crippen LogP contribution in [0.15, 0.2) is 6.07 Å². The SMILES string of the molecule is CCc1cc(NC(C)CC(N)=O)nc(C)n1. The van der Waals surface area contributed by atoms with Crippen LogP contribution in [0.3, 0.4) is 0 Å². The maximum Gasteiger partial charge on any atom is 0.219 e. The molecule has 0 radical (unpaired) electrons. The van der Waals surface area contributed by atoms with Crippen molar-refractivity contribution >= 4 is 11.7 Å². The van der Waals surface area contributed by atoms with Crippen molar-refractivity contribution in [1.82, 2.24) is 9.97 Å². The Morgan fingerprint density at radius 3 is 2.81 bits per heavy atom. The third kappa shape index (κ3) is 3.84. The van der Waals surface area contributed by atoms with Crippen molar-refractivity contribution < 1.29 is 4.79 Å². The second-order valence-electron chi connectivity index (χ2n) is 3.86. The van der Waals surface area contributed by atoms with Crippen LogP contribution in [0, 0.1) is 6.92 Å². The van der Waals surface area contributed by atoms with Crippen molar-refractivity contribution in [2.45, 2.75) is 39.7 Å². The number of hydrogen-bond acceptors (Lipinski definition) is 4. The van der Waals surface area contributed by atoms with Crippen molar-refractivity contribution in [3.63, 3.8) is 0 Å². The molecule has 1 atom stereocenters. The Morgan fingerprint density at radius 2 is 2.25 bits per heavy atom. The minimum Gasteiger partial charge on any atom is -0.370 e. The van der Waals surface area contributed by atoms with Gasteiger partial charge in [-0.05, 0) is 20.3 Å². The van der Waals surface area contributed by atoms with Gasteiger partial charge in [0.1, 0.15) is 11.6 Å². The van der Waals surface area contributed by atoms with Crippen molar-refractivity contribution in [3.05, 3.63) is 17.6 Å². The number of carbonyl (C=O) groups is 1. The van der Waals surface area contributed by atoms with Crippen LogP contribution in [0.2, 0.25) is 0 Å². The standard InChI is InChI=1S/C11H18N4O/c1-4-9-6-11(15-8(3)14-9)13-7(2)5-10(12)16/h6-7H,4-5H2,1-3H3,(H2,12,16)(H,13,14,15). The van der Waals surface area contributed by atoms with Crippen LogP contribution in [0.1, 0.15) is 31.8 Å². The smallest absolute Gasteiger partial charge is 0.219 e. The molecule has 0 aliphatic rings. The predicted octanol–water partition coefficient (Wildman–Crippen LogP) is 1.02. The van der Waals surface area contributed by atoms with E-state index in [-0.39, 0.29) is 11.9 Å². The molecule has 5 nitrogen and oxygen atoms in total. The summed E-state index contributed by atoms with van der Waals surface area (Å²) in [5.74, 6) is 1.16. The molecule has 0 saturated heterocycles. The zero-order valence-electron chi connectivity index (χ0n) is 9.95. The summed E-state index contributed by atoms with van der Waals surface area (Å²) in [6.45, 7) is 5.79. The van der Waals surface area contributed by atoms with E-state index in [9.17, 15) is 4.79 Å². The molecule has 3 N–H and O–H groups in total. The van der Waals surface area contributed by atoms with E-state index in [1.807, 2.05) is 26.8 Å². The fraction of sp³-hybridized carbons (Fsp3) is 0.545. The van der Waals surface area contributed by atoms with Crippen molar-refractivity contribution in [2.75, 3.05) is 5.32 Å². The molecule has 1 rings (SSSR count). The molecule has 0 aromatic carbocycles. The highest BCUT2D eigenvalue weighted by atomic mass is 16.1. The zero-order chi connectivity index (χ0) is 12.1. The minimum absolute atomic E-state index is 0.0171. The number of nitrogens with one attached hydrogen (secondary N) is 1. The number of aryl methyl sites for hydroxylation is 2. The third-order valence-electron chi connectivity index (χ3n) is 2.15. The first-order valence-electron chi connectivity index (χ1n) is 5.40. The lowest BCUT2D eigenvalue weighted by Gasteiger charge is -2.13. The van der Waals surface area contributed by atoms with E-state index in [1.54, 1.807) is 0 Å². The van der Waals surface area contributed by atoms with Gasteiger partial charge in [0.05, 0.1) is 0 Å². The number of rotatable bonds is 5. The van der Waals surface area contributed by atoms with Gasteiger partial charge in [-0.25, -0.2) is 9.97 Å².